The van der Waals surface area contributed by atoms with Gasteiger partial charge in [0.05, 0.1) is 0 Å². The van der Waals surface area contributed by atoms with Gasteiger partial charge in [0.15, 0.2) is 5.82 Å². The Balaban J connectivity index is 2.73. The Labute approximate surface area is 85.4 Å². The van der Waals surface area contributed by atoms with Crippen LogP contribution in [0.2, 0.25) is 0 Å². The summed E-state index contributed by atoms with van der Waals surface area (Å²) in [5.74, 6) is -0.986. The van der Waals surface area contributed by atoms with Crippen molar-refractivity contribution in [3.63, 3.8) is 0 Å². The molecule has 1 aromatic rings. The summed E-state index contributed by atoms with van der Waals surface area (Å²) in [5, 5.41) is 9.24. The highest BCUT2D eigenvalue weighted by Gasteiger charge is 2.08. The molecule has 0 heterocycles. The van der Waals surface area contributed by atoms with Crippen molar-refractivity contribution in [3.05, 3.63) is 23.5 Å². The number of aryl methyl sites for hydroxylation is 1. The molecule has 1 N–H and O–H groups in total. The van der Waals surface area contributed by atoms with Gasteiger partial charge < -0.3 is 5.11 Å². The molecule has 1 aromatic carbocycles. The molecule has 0 amide bonds. The summed E-state index contributed by atoms with van der Waals surface area (Å²) in [7, 11) is 5.35. The lowest BCUT2D eigenvalue weighted by molar-refractivity contribution is 0.432. The van der Waals surface area contributed by atoms with Gasteiger partial charge in [0.2, 0.25) is 0 Å². The van der Waals surface area contributed by atoms with Crippen LogP contribution in [0, 0.1) is 5.82 Å². The summed E-state index contributed by atoms with van der Waals surface area (Å²) >= 11 is 0. The summed E-state index contributed by atoms with van der Waals surface area (Å²) in [4.78, 5) is 0. The Kier molecular flexibility index (Phi) is 3.99. The zero-order chi connectivity index (χ0) is 10.6. The molecule has 0 aromatic heterocycles. The quantitative estimate of drug-likeness (QED) is 0.571. The van der Waals surface area contributed by atoms with E-state index in [0.29, 0.717) is 12.0 Å². The fourth-order valence-corrected chi connectivity index (χ4v) is 1.38. The van der Waals surface area contributed by atoms with Crippen LogP contribution in [0.5, 0.6) is 5.75 Å². The van der Waals surface area contributed by atoms with Crippen molar-refractivity contribution in [2.75, 3.05) is 0 Å². The third kappa shape index (κ3) is 2.50. The summed E-state index contributed by atoms with van der Waals surface area (Å²) < 4.78 is 13.4. The Morgan fingerprint density at radius 2 is 2.07 bits per heavy atom. The van der Waals surface area contributed by atoms with Crippen molar-refractivity contribution >= 4 is 13.3 Å². The molecule has 0 bridgehead atoms. The summed E-state index contributed by atoms with van der Waals surface area (Å²) in [6, 6.07) is 3.18. The Morgan fingerprint density at radius 3 is 2.71 bits per heavy atom. The van der Waals surface area contributed by atoms with E-state index in [1.54, 1.807) is 12.1 Å². The maximum atomic E-state index is 13.4. The first-order valence-corrected chi connectivity index (χ1v) is 4.92. The molecule has 0 aliphatic carbocycles. The second-order valence-electron chi connectivity index (χ2n) is 3.43. The number of benzene rings is 1. The number of rotatable bonds is 4. The molecule has 1 nitrogen and oxygen atoms in total. The molecule has 3 heteroatoms. The van der Waals surface area contributed by atoms with Crippen LogP contribution in [-0.2, 0) is 6.42 Å². The van der Waals surface area contributed by atoms with E-state index >= 15 is 0 Å². The number of hydrogen-bond donors (Lipinski definition) is 1. The predicted molar refractivity (Wildman–Crippen MR) is 56.7 cm³/mol. The first-order valence-electron chi connectivity index (χ1n) is 4.92. The molecule has 0 aliphatic rings. The molecular formula is C11H14BFO. The van der Waals surface area contributed by atoms with Crippen molar-refractivity contribution in [2.45, 2.75) is 32.6 Å². The molecule has 0 saturated carbocycles. The van der Waals surface area contributed by atoms with Gasteiger partial charge >= 0.3 is 0 Å². The minimum absolute atomic E-state index is 0.0988. The van der Waals surface area contributed by atoms with E-state index in [0.717, 1.165) is 19.3 Å². The smallest absolute Gasteiger partial charge is 0.167 e. The van der Waals surface area contributed by atoms with Gasteiger partial charge in [0, 0.05) is 0 Å². The van der Waals surface area contributed by atoms with Crippen LogP contribution < -0.4 is 5.46 Å². The summed E-state index contributed by atoms with van der Waals surface area (Å²) in [5.41, 5.74) is 0.645. The van der Waals surface area contributed by atoms with Crippen LogP contribution in [0.3, 0.4) is 0 Å². The molecule has 0 aliphatic heterocycles. The van der Waals surface area contributed by atoms with Crippen molar-refractivity contribution in [3.8, 4) is 5.75 Å². The van der Waals surface area contributed by atoms with Crippen molar-refractivity contribution in [2.24, 2.45) is 0 Å². The van der Waals surface area contributed by atoms with E-state index in [1.807, 2.05) is 0 Å². The third-order valence-electron chi connectivity index (χ3n) is 2.28. The molecule has 0 fully saturated rings. The van der Waals surface area contributed by atoms with Gasteiger partial charge in [0.25, 0.3) is 0 Å². The minimum Gasteiger partial charge on any atom is -0.505 e. The predicted octanol–water partition coefficient (Wildman–Crippen LogP) is 2.06. The van der Waals surface area contributed by atoms with Crippen molar-refractivity contribution in [1.82, 2.24) is 0 Å². The normalized spacial score (nSPS) is 10.4. The van der Waals surface area contributed by atoms with Gasteiger partial charge in [-0.05, 0) is 18.4 Å². The van der Waals surface area contributed by atoms with Crippen LogP contribution in [0.25, 0.3) is 0 Å². The van der Waals surface area contributed by atoms with Gasteiger partial charge in [-0.1, -0.05) is 37.4 Å². The molecule has 0 unspecified atom stereocenters. The van der Waals surface area contributed by atoms with Gasteiger partial charge in [-0.3, -0.25) is 0 Å². The Hall–Kier alpha value is -0.985. The van der Waals surface area contributed by atoms with Gasteiger partial charge in [0.1, 0.15) is 13.6 Å². The van der Waals surface area contributed by atoms with E-state index in [4.69, 9.17) is 7.85 Å². The maximum Gasteiger partial charge on any atom is 0.167 e. The molecule has 14 heavy (non-hydrogen) atoms. The minimum atomic E-state index is -0.568. The largest absolute Gasteiger partial charge is 0.505 e. The standard InChI is InChI=1S/C11H14BFO/c1-2-3-4-5-8-6-7-9(12)11(14)10(8)13/h6-7,14H,2-5H2,1H3. The average Bonchev–Trinajstić information content (AvgIpc) is 2.18. The number of phenolic OH excluding ortho intramolecular Hbond substituents is 1. The van der Waals surface area contributed by atoms with Crippen LogP contribution in [0.4, 0.5) is 4.39 Å². The third-order valence-corrected chi connectivity index (χ3v) is 2.28. The lowest BCUT2D eigenvalue weighted by atomic mass is 9.92. The molecule has 2 radical (unpaired) electrons. The highest BCUT2D eigenvalue weighted by Crippen LogP contribution is 2.18. The number of halogens is 1. The second-order valence-corrected chi connectivity index (χ2v) is 3.43. The van der Waals surface area contributed by atoms with E-state index in [1.165, 1.54) is 0 Å². The van der Waals surface area contributed by atoms with E-state index < -0.39 is 11.6 Å². The van der Waals surface area contributed by atoms with E-state index in [2.05, 4.69) is 6.92 Å². The maximum absolute atomic E-state index is 13.4. The highest BCUT2D eigenvalue weighted by atomic mass is 19.1. The molecule has 0 spiro atoms. The van der Waals surface area contributed by atoms with Crippen LogP contribution in [0.15, 0.2) is 12.1 Å². The number of hydrogen-bond acceptors (Lipinski definition) is 1. The molecule has 0 saturated heterocycles. The van der Waals surface area contributed by atoms with Crippen molar-refractivity contribution < 1.29 is 9.50 Å². The second kappa shape index (κ2) is 5.04. The van der Waals surface area contributed by atoms with Gasteiger partial charge in [-0.15, -0.1) is 0 Å². The lowest BCUT2D eigenvalue weighted by Crippen LogP contribution is -2.06. The molecular weight excluding hydrogens is 178 g/mol. The van der Waals surface area contributed by atoms with Crippen LogP contribution in [0.1, 0.15) is 31.7 Å². The van der Waals surface area contributed by atoms with E-state index in [-0.39, 0.29) is 5.46 Å². The fraction of sp³-hybridized carbons (Fsp3) is 0.455. The Bertz CT molecular complexity index is 312. The zero-order valence-corrected chi connectivity index (χ0v) is 8.39. The topological polar surface area (TPSA) is 20.2 Å². The van der Waals surface area contributed by atoms with E-state index in [9.17, 15) is 9.50 Å². The van der Waals surface area contributed by atoms with Crippen LogP contribution >= 0.6 is 0 Å². The summed E-state index contributed by atoms with van der Waals surface area (Å²) in [6.45, 7) is 2.09. The number of aromatic hydroxyl groups is 1. The SMILES string of the molecule is [B]c1ccc(CCCCC)c(F)c1O. The molecule has 0 atom stereocenters. The lowest BCUT2D eigenvalue weighted by Gasteiger charge is -2.06. The first-order chi connectivity index (χ1) is 6.66. The van der Waals surface area contributed by atoms with Crippen LogP contribution in [-0.4, -0.2) is 13.0 Å². The highest BCUT2D eigenvalue weighted by molar-refractivity contribution is 6.34. The first kappa shape index (κ1) is 11.1. The zero-order valence-electron chi connectivity index (χ0n) is 8.39. The average molecular weight is 192 g/mol. The van der Waals surface area contributed by atoms with Gasteiger partial charge in [-0.25, -0.2) is 4.39 Å². The number of phenols is 1. The fourth-order valence-electron chi connectivity index (χ4n) is 1.38. The molecule has 1 rings (SSSR count). The molecule has 74 valence electrons. The summed E-state index contributed by atoms with van der Waals surface area (Å²) in [6.07, 6.45) is 3.78. The van der Waals surface area contributed by atoms with Crippen molar-refractivity contribution in [1.29, 1.82) is 0 Å². The Morgan fingerprint density at radius 1 is 1.36 bits per heavy atom. The number of unbranched alkanes of at least 4 members (excludes halogenated alkanes) is 2. The van der Waals surface area contributed by atoms with Gasteiger partial charge in [-0.2, -0.15) is 0 Å². The monoisotopic (exact) mass is 192 g/mol.